The molecule has 0 saturated carbocycles. The molecule has 4 aromatic rings. The molecule has 3 N–H and O–H groups in total. The molecule has 1 aliphatic rings. The molecule has 0 aliphatic heterocycles. The van der Waals surface area contributed by atoms with Crippen LogP contribution in [-0.2, 0) is 12.8 Å². The third-order valence-electron chi connectivity index (χ3n) is 5.64. The number of hydrogen-bond donors (Lipinski definition) is 3. The first kappa shape index (κ1) is 19.8. The van der Waals surface area contributed by atoms with Crippen molar-refractivity contribution >= 4 is 22.9 Å². The van der Waals surface area contributed by atoms with Gasteiger partial charge in [-0.05, 0) is 71.5 Å². The van der Waals surface area contributed by atoms with Gasteiger partial charge in [0.05, 0.1) is 18.5 Å². The molecule has 5 rings (SSSR count). The lowest BCUT2D eigenvalue weighted by Gasteiger charge is -2.06. The molecule has 0 saturated heterocycles. The van der Waals surface area contributed by atoms with Gasteiger partial charge in [0, 0.05) is 5.56 Å². The van der Waals surface area contributed by atoms with Gasteiger partial charge in [0.2, 0.25) is 0 Å². The highest BCUT2D eigenvalue weighted by atomic mass is 16.5. The number of ether oxygens (including phenoxy) is 1. The lowest BCUT2D eigenvalue weighted by atomic mass is 9.98. The number of rotatable bonds is 6. The van der Waals surface area contributed by atoms with Crippen LogP contribution in [0.2, 0.25) is 0 Å². The van der Waals surface area contributed by atoms with Gasteiger partial charge in [-0.3, -0.25) is 9.89 Å². The largest absolute Gasteiger partial charge is 0.504 e. The topological polar surface area (TPSA) is 99.6 Å². The van der Waals surface area contributed by atoms with E-state index in [2.05, 4.69) is 51.1 Å². The maximum absolute atomic E-state index is 12.5. The van der Waals surface area contributed by atoms with Gasteiger partial charge in [-0.1, -0.05) is 30.3 Å². The van der Waals surface area contributed by atoms with Crippen molar-refractivity contribution in [3.05, 3.63) is 77.0 Å². The van der Waals surface area contributed by atoms with Crippen LogP contribution in [0.15, 0.2) is 59.7 Å². The van der Waals surface area contributed by atoms with Gasteiger partial charge in [0.25, 0.3) is 5.91 Å². The Balaban J connectivity index is 1.34. The zero-order valence-electron chi connectivity index (χ0n) is 17.6. The molecular formula is C25H22N4O3. The number of nitrogens with zero attached hydrogens (tertiary/aromatic N) is 2. The van der Waals surface area contributed by atoms with Crippen molar-refractivity contribution in [2.24, 2.45) is 5.10 Å². The number of H-pyrrole nitrogens is 1. The van der Waals surface area contributed by atoms with Gasteiger partial charge < -0.3 is 9.84 Å². The van der Waals surface area contributed by atoms with E-state index in [4.69, 9.17) is 4.74 Å². The highest BCUT2D eigenvalue weighted by Gasteiger charge is 2.18. The molecule has 32 heavy (non-hydrogen) atoms. The first-order chi connectivity index (χ1) is 15.6. The summed E-state index contributed by atoms with van der Waals surface area (Å²) in [5.74, 6) is 0.0298. The molecule has 0 atom stereocenters. The van der Waals surface area contributed by atoms with Gasteiger partial charge >= 0.3 is 0 Å². The van der Waals surface area contributed by atoms with Crippen LogP contribution in [-0.4, -0.2) is 34.0 Å². The molecular weight excluding hydrogens is 404 g/mol. The molecule has 3 aromatic carbocycles. The normalized spacial score (nSPS) is 12.5. The number of aromatic nitrogens is 2. The standard InChI is InChI=1S/C25H22N4O3/c1-2-32-23-12-15(6-11-22(23)30)14-26-29-25(31)21-13-20(27-28-21)18-10-9-17-8-7-16-4-3-5-19(18)24(16)17/h3-6,9-14,30H,2,7-8H2,1H3,(H,27,28)(H,29,31)/b26-14-. The zero-order valence-corrected chi connectivity index (χ0v) is 17.6. The van der Waals surface area contributed by atoms with E-state index in [1.54, 1.807) is 18.2 Å². The Hall–Kier alpha value is -4.13. The van der Waals surface area contributed by atoms with Crippen molar-refractivity contribution in [3.63, 3.8) is 0 Å². The Kier molecular flexibility index (Phi) is 5.07. The van der Waals surface area contributed by atoms with Crippen LogP contribution >= 0.6 is 0 Å². The number of phenols is 1. The van der Waals surface area contributed by atoms with Crippen molar-refractivity contribution < 1.29 is 14.6 Å². The van der Waals surface area contributed by atoms with E-state index < -0.39 is 5.91 Å². The Bertz CT molecular complexity index is 1350. The lowest BCUT2D eigenvalue weighted by Crippen LogP contribution is -2.18. The predicted molar refractivity (Wildman–Crippen MR) is 123 cm³/mol. The number of benzene rings is 3. The zero-order chi connectivity index (χ0) is 22.1. The summed E-state index contributed by atoms with van der Waals surface area (Å²) in [5.41, 5.74) is 7.95. The summed E-state index contributed by atoms with van der Waals surface area (Å²) in [5, 5.41) is 23.4. The summed E-state index contributed by atoms with van der Waals surface area (Å²) < 4.78 is 5.36. The fourth-order valence-electron chi connectivity index (χ4n) is 4.15. The molecule has 1 amide bonds. The molecule has 7 nitrogen and oxygen atoms in total. The number of hydrogen-bond acceptors (Lipinski definition) is 5. The van der Waals surface area contributed by atoms with Crippen LogP contribution in [0.25, 0.3) is 22.0 Å². The van der Waals surface area contributed by atoms with E-state index in [1.807, 2.05) is 6.92 Å². The maximum Gasteiger partial charge on any atom is 0.289 e. The number of carbonyl (C=O) groups is 1. The first-order valence-corrected chi connectivity index (χ1v) is 10.5. The molecule has 0 spiro atoms. The van der Waals surface area contributed by atoms with Gasteiger partial charge in [-0.15, -0.1) is 0 Å². The Labute approximate surface area is 184 Å². The van der Waals surface area contributed by atoms with Gasteiger partial charge in [-0.2, -0.15) is 10.2 Å². The number of hydrazone groups is 1. The van der Waals surface area contributed by atoms with Crippen LogP contribution in [0.4, 0.5) is 0 Å². The summed E-state index contributed by atoms with van der Waals surface area (Å²) in [6, 6.07) is 17.2. The minimum Gasteiger partial charge on any atom is -0.504 e. The van der Waals surface area contributed by atoms with E-state index in [0.29, 0.717) is 23.6 Å². The van der Waals surface area contributed by atoms with Gasteiger partial charge in [0.1, 0.15) is 5.69 Å². The summed E-state index contributed by atoms with van der Waals surface area (Å²) in [6.45, 7) is 2.27. The molecule has 1 heterocycles. The average Bonchev–Trinajstić information content (AvgIpc) is 3.45. The second-order valence-electron chi connectivity index (χ2n) is 7.64. The number of aromatic hydroxyl groups is 1. The molecule has 0 radical (unpaired) electrons. The minimum absolute atomic E-state index is 0.0565. The van der Waals surface area contributed by atoms with Gasteiger partial charge in [-0.25, -0.2) is 5.43 Å². The molecule has 0 bridgehead atoms. The summed E-state index contributed by atoms with van der Waals surface area (Å²) >= 11 is 0. The second-order valence-corrected chi connectivity index (χ2v) is 7.64. The molecule has 0 fully saturated rings. The smallest absolute Gasteiger partial charge is 0.289 e. The van der Waals surface area contributed by atoms with Crippen LogP contribution in [0.3, 0.4) is 0 Å². The fraction of sp³-hybridized carbons (Fsp3) is 0.160. The molecule has 1 aromatic heterocycles. The molecule has 0 unspecified atom stereocenters. The van der Waals surface area contributed by atoms with E-state index >= 15 is 0 Å². The Morgan fingerprint density at radius 2 is 2.03 bits per heavy atom. The van der Waals surface area contributed by atoms with Crippen molar-refractivity contribution in [3.8, 4) is 22.8 Å². The number of carbonyl (C=O) groups excluding carboxylic acids is 1. The fourth-order valence-corrected chi connectivity index (χ4v) is 4.15. The van der Waals surface area contributed by atoms with E-state index in [-0.39, 0.29) is 5.75 Å². The summed E-state index contributed by atoms with van der Waals surface area (Å²) in [6.07, 6.45) is 3.62. The lowest BCUT2D eigenvalue weighted by molar-refractivity contribution is 0.0950. The number of phenolic OH excluding ortho intramolecular Hbond substituents is 1. The Morgan fingerprint density at radius 1 is 1.19 bits per heavy atom. The Morgan fingerprint density at radius 3 is 2.88 bits per heavy atom. The molecule has 1 aliphatic carbocycles. The maximum atomic E-state index is 12.5. The monoisotopic (exact) mass is 426 g/mol. The highest BCUT2D eigenvalue weighted by Crippen LogP contribution is 2.36. The average molecular weight is 426 g/mol. The van der Waals surface area contributed by atoms with E-state index in [9.17, 15) is 9.90 Å². The van der Waals surface area contributed by atoms with Crippen LogP contribution < -0.4 is 10.2 Å². The number of amides is 1. The SMILES string of the molecule is CCOc1cc(/C=N\NC(=O)c2cc(-c3ccc4c5c(cccc35)CC4)n[nH]2)ccc1O. The summed E-state index contributed by atoms with van der Waals surface area (Å²) in [7, 11) is 0. The molecule has 160 valence electrons. The van der Waals surface area contributed by atoms with E-state index in [1.165, 1.54) is 28.8 Å². The van der Waals surface area contributed by atoms with Crippen molar-refractivity contribution in [1.29, 1.82) is 0 Å². The minimum atomic E-state index is -0.394. The first-order valence-electron chi connectivity index (χ1n) is 10.5. The third kappa shape index (κ3) is 3.58. The number of nitrogens with one attached hydrogen (secondary N) is 2. The predicted octanol–water partition coefficient (Wildman–Crippen LogP) is 4.20. The van der Waals surface area contributed by atoms with Crippen LogP contribution in [0, 0.1) is 0 Å². The number of aryl methyl sites for hydroxylation is 2. The highest BCUT2D eigenvalue weighted by molar-refractivity contribution is 6.02. The van der Waals surface area contributed by atoms with Crippen LogP contribution in [0.1, 0.15) is 34.1 Å². The van der Waals surface area contributed by atoms with Crippen molar-refractivity contribution in [1.82, 2.24) is 15.6 Å². The van der Waals surface area contributed by atoms with E-state index in [0.717, 1.165) is 29.5 Å². The molecule has 7 heteroatoms. The third-order valence-corrected chi connectivity index (χ3v) is 5.64. The second kappa shape index (κ2) is 8.19. The quantitative estimate of drug-likeness (QED) is 0.318. The van der Waals surface area contributed by atoms with Crippen molar-refractivity contribution in [2.45, 2.75) is 19.8 Å². The number of aromatic amines is 1. The van der Waals surface area contributed by atoms with Crippen LogP contribution in [0.5, 0.6) is 11.5 Å². The van der Waals surface area contributed by atoms with Gasteiger partial charge in [0.15, 0.2) is 11.5 Å². The summed E-state index contributed by atoms with van der Waals surface area (Å²) in [4.78, 5) is 12.5. The van der Waals surface area contributed by atoms with Crippen molar-refractivity contribution in [2.75, 3.05) is 6.61 Å².